The van der Waals surface area contributed by atoms with E-state index in [0.717, 1.165) is 11.3 Å². The van der Waals surface area contributed by atoms with Crippen LogP contribution < -0.4 is 10.6 Å². The maximum atomic E-state index is 13.1. The average Bonchev–Trinajstić information content (AvgIpc) is 2.78. The lowest BCUT2D eigenvalue weighted by Gasteiger charge is -2.43. The van der Waals surface area contributed by atoms with E-state index in [1.165, 1.54) is 18.2 Å². The zero-order valence-electron chi connectivity index (χ0n) is 17.1. The molecule has 2 N–H and O–H groups in total. The van der Waals surface area contributed by atoms with E-state index in [1.807, 2.05) is 0 Å². The second-order valence-corrected chi connectivity index (χ2v) is 9.06. The van der Waals surface area contributed by atoms with Crippen LogP contribution in [-0.4, -0.2) is 39.8 Å². The second kappa shape index (κ2) is 7.13. The van der Waals surface area contributed by atoms with Crippen LogP contribution in [0.1, 0.15) is 45.6 Å². The lowest BCUT2D eigenvalue weighted by molar-refractivity contribution is -0.384. The van der Waals surface area contributed by atoms with Gasteiger partial charge in [0.2, 0.25) is 5.91 Å². The fourth-order valence-electron chi connectivity index (χ4n) is 4.84. The zero-order chi connectivity index (χ0) is 21.6. The van der Waals surface area contributed by atoms with Crippen molar-refractivity contribution in [3.8, 4) is 0 Å². The molecule has 156 valence electrons. The van der Waals surface area contributed by atoms with E-state index in [0.29, 0.717) is 18.4 Å². The molecule has 0 unspecified atom stereocenters. The van der Waals surface area contributed by atoms with Crippen molar-refractivity contribution < 1.29 is 19.3 Å². The number of nitro benzene ring substituents is 1. The fraction of sp³-hybridized carbons (Fsp3) is 0.550. The number of hydrogen-bond donors (Lipinski definition) is 2. The Balaban J connectivity index is 1.75. The van der Waals surface area contributed by atoms with Gasteiger partial charge in [-0.25, -0.2) is 4.79 Å². The molecule has 2 fully saturated rings. The van der Waals surface area contributed by atoms with Crippen molar-refractivity contribution in [3.05, 3.63) is 33.9 Å². The van der Waals surface area contributed by atoms with Gasteiger partial charge in [0.15, 0.2) is 0 Å². The van der Waals surface area contributed by atoms with Crippen LogP contribution in [0.4, 0.5) is 16.2 Å². The lowest BCUT2D eigenvalue weighted by atomic mass is 9.64. The average molecular weight is 402 g/mol. The summed E-state index contributed by atoms with van der Waals surface area (Å²) in [6, 6.07) is 3.55. The monoisotopic (exact) mass is 402 g/mol. The quantitative estimate of drug-likeness (QED) is 0.455. The minimum absolute atomic E-state index is 0.0983. The van der Waals surface area contributed by atoms with Gasteiger partial charge in [-0.15, -0.1) is 0 Å². The number of anilines is 1. The summed E-state index contributed by atoms with van der Waals surface area (Å²) >= 11 is 0. The largest absolute Gasteiger partial charge is 0.325 e. The summed E-state index contributed by atoms with van der Waals surface area (Å²) in [6.07, 6.45) is 2.03. The van der Waals surface area contributed by atoms with E-state index in [-0.39, 0.29) is 28.6 Å². The van der Waals surface area contributed by atoms with Gasteiger partial charge in [0.05, 0.1) is 10.6 Å². The summed E-state index contributed by atoms with van der Waals surface area (Å²) in [6.45, 7) is 7.47. The Hall–Kier alpha value is -2.97. The smallest absolute Gasteiger partial charge is 0.324 e. The molecule has 2 aliphatic rings. The molecule has 1 saturated heterocycles. The van der Waals surface area contributed by atoms with Crippen LogP contribution in [0.15, 0.2) is 18.2 Å². The Bertz CT molecular complexity index is 897. The van der Waals surface area contributed by atoms with Gasteiger partial charge in [-0.2, -0.15) is 0 Å². The number of rotatable bonds is 4. The van der Waals surface area contributed by atoms with Crippen LogP contribution in [-0.2, 0) is 9.59 Å². The van der Waals surface area contributed by atoms with E-state index >= 15 is 0 Å². The summed E-state index contributed by atoms with van der Waals surface area (Å²) in [5, 5.41) is 16.4. The third kappa shape index (κ3) is 4.08. The molecule has 9 nitrogen and oxygen atoms in total. The number of urea groups is 1. The van der Waals surface area contributed by atoms with Crippen molar-refractivity contribution in [2.24, 2.45) is 11.3 Å². The number of nitrogens with zero attached hydrogens (tertiary/aromatic N) is 2. The predicted octanol–water partition coefficient (Wildman–Crippen LogP) is 2.98. The van der Waals surface area contributed by atoms with Crippen molar-refractivity contribution in [1.82, 2.24) is 10.2 Å². The van der Waals surface area contributed by atoms with Crippen molar-refractivity contribution >= 4 is 29.2 Å². The van der Waals surface area contributed by atoms with Crippen LogP contribution in [0, 0.1) is 28.4 Å². The molecule has 2 atom stereocenters. The highest BCUT2D eigenvalue weighted by Crippen LogP contribution is 2.46. The zero-order valence-corrected chi connectivity index (χ0v) is 17.1. The molecule has 1 heterocycles. The maximum absolute atomic E-state index is 13.1. The molecule has 4 amide bonds. The molecule has 9 heteroatoms. The van der Waals surface area contributed by atoms with Gasteiger partial charge in [-0.05, 0) is 43.1 Å². The van der Waals surface area contributed by atoms with E-state index in [4.69, 9.17) is 0 Å². The van der Waals surface area contributed by atoms with Gasteiger partial charge < -0.3 is 10.6 Å². The molecule has 1 aromatic rings. The van der Waals surface area contributed by atoms with Gasteiger partial charge in [-0.3, -0.25) is 24.6 Å². The first-order chi connectivity index (χ1) is 13.4. The number of non-ortho nitro benzene ring substituents is 1. The van der Waals surface area contributed by atoms with Crippen LogP contribution in [0.5, 0.6) is 0 Å². The summed E-state index contributed by atoms with van der Waals surface area (Å²) < 4.78 is 0. The van der Waals surface area contributed by atoms with Crippen LogP contribution in [0.2, 0.25) is 0 Å². The van der Waals surface area contributed by atoms with E-state index in [1.54, 1.807) is 6.92 Å². The number of hydrogen-bond acceptors (Lipinski definition) is 5. The number of nitrogens with one attached hydrogen (secondary N) is 2. The Morgan fingerprint density at radius 1 is 1.34 bits per heavy atom. The normalized spacial score (nSPS) is 25.8. The SMILES string of the molecule is Cc1ccc([N+](=O)[O-])cc1NC(=O)CN1C(=O)N[C@]2(C[C@@H](C)CC(C)(C)C2)C1=O. The summed E-state index contributed by atoms with van der Waals surface area (Å²) in [5.41, 5.74) is -0.309. The van der Waals surface area contributed by atoms with Crippen LogP contribution >= 0.6 is 0 Å². The molecule has 1 saturated carbocycles. The van der Waals surface area contributed by atoms with Crippen molar-refractivity contribution in [2.45, 2.75) is 52.5 Å². The van der Waals surface area contributed by atoms with Gasteiger partial charge in [0.1, 0.15) is 12.1 Å². The highest BCUT2D eigenvalue weighted by atomic mass is 16.6. The number of carbonyl (C=O) groups is 3. The highest BCUT2D eigenvalue weighted by Gasteiger charge is 2.56. The van der Waals surface area contributed by atoms with Gasteiger partial charge >= 0.3 is 6.03 Å². The summed E-state index contributed by atoms with van der Waals surface area (Å²) in [7, 11) is 0. The number of amides is 4. The first-order valence-corrected chi connectivity index (χ1v) is 9.61. The minimum atomic E-state index is -0.972. The molecule has 0 radical (unpaired) electrons. The Labute approximate surface area is 169 Å². The Kier molecular flexibility index (Phi) is 5.10. The van der Waals surface area contributed by atoms with Gasteiger partial charge in [0.25, 0.3) is 11.6 Å². The molecule has 1 aliphatic carbocycles. The van der Waals surface area contributed by atoms with Gasteiger partial charge in [0, 0.05) is 12.1 Å². The Morgan fingerprint density at radius 3 is 2.66 bits per heavy atom. The fourth-order valence-corrected chi connectivity index (χ4v) is 4.84. The molecule has 1 aliphatic heterocycles. The molecular weight excluding hydrogens is 376 g/mol. The molecule has 29 heavy (non-hydrogen) atoms. The number of benzene rings is 1. The van der Waals surface area contributed by atoms with Gasteiger partial charge in [-0.1, -0.05) is 26.8 Å². The first kappa shape index (κ1) is 20.8. The lowest BCUT2D eigenvalue weighted by Crippen LogP contribution is -2.54. The van der Waals surface area contributed by atoms with E-state index < -0.39 is 28.9 Å². The number of nitro groups is 1. The Morgan fingerprint density at radius 2 is 2.03 bits per heavy atom. The number of carbonyl (C=O) groups excluding carboxylic acids is 3. The van der Waals surface area contributed by atoms with Crippen molar-refractivity contribution in [1.29, 1.82) is 0 Å². The molecule has 1 aromatic carbocycles. The first-order valence-electron chi connectivity index (χ1n) is 9.61. The molecule has 0 bridgehead atoms. The third-order valence-corrected chi connectivity index (χ3v) is 5.63. The number of imide groups is 1. The summed E-state index contributed by atoms with van der Waals surface area (Å²) in [4.78, 5) is 49.4. The topological polar surface area (TPSA) is 122 Å². The molecular formula is C20H26N4O5. The summed E-state index contributed by atoms with van der Waals surface area (Å²) in [5.74, 6) is -0.699. The van der Waals surface area contributed by atoms with Crippen LogP contribution in [0.25, 0.3) is 0 Å². The van der Waals surface area contributed by atoms with E-state index in [2.05, 4.69) is 31.4 Å². The number of aryl methyl sites for hydroxylation is 1. The predicted molar refractivity (Wildman–Crippen MR) is 106 cm³/mol. The molecule has 1 spiro atoms. The second-order valence-electron chi connectivity index (χ2n) is 9.06. The van der Waals surface area contributed by atoms with Crippen molar-refractivity contribution in [2.75, 3.05) is 11.9 Å². The third-order valence-electron chi connectivity index (χ3n) is 5.63. The maximum Gasteiger partial charge on any atom is 0.325 e. The molecule has 0 aromatic heterocycles. The van der Waals surface area contributed by atoms with E-state index in [9.17, 15) is 24.5 Å². The minimum Gasteiger partial charge on any atom is -0.324 e. The highest BCUT2D eigenvalue weighted by molar-refractivity contribution is 6.10. The van der Waals surface area contributed by atoms with Crippen molar-refractivity contribution in [3.63, 3.8) is 0 Å². The standard InChI is InChI=1S/C20H26N4O5/c1-12-8-19(3,4)11-20(9-12)17(26)23(18(27)22-20)10-16(25)21-15-7-14(24(28)29)6-5-13(15)2/h5-7,12H,8-11H2,1-4H3,(H,21,25)(H,22,27)/t12-,20-/m0/s1. The molecule has 3 rings (SSSR count). The van der Waals surface area contributed by atoms with Crippen LogP contribution in [0.3, 0.4) is 0 Å².